The molecule has 0 aromatic heterocycles. The SMILES string of the molecule is CC(C)(N)CCC(=O)N[C@@H]1CCCC[C@H]1O. The monoisotopic (exact) mass is 228 g/mol. The quantitative estimate of drug-likeness (QED) is 0.670. The summed E-state index contributed by atoms with van der Waals surface area (Å²) in [4.78, 5) is 11.6. The van der Waals surface area contributed by atoms with Crippen molar-refractivity contribution in [2.75, 3.05) is 0 Å². The van der Waals surface area contributed by atoms with E-state index in [1.54, 1.807) is 0 Å². The average molecular weight is 228 g/mol. The molecule has 16 heavy (non-hydrogen) atoms. The van der Waals surface area contributed by atoms with E-state index in [9.17, 15) is 9.90 Å². The van der Waals surface area contributed by atoms with Gasteiger partial charge in [0.05, 0.1) is 12.1 Å². The van der Waals surface area contributed by atoms with Gasteiger partial charge in [-0.15, -0.1) is 0 Å². The van der Waals surface area contributed by atoms with Gasteiger partial charge >= 0.3 is 0 Å². The second-order valence-corrected chi connectivity index (χ2v) is 5.51. The van der Waals surface area contributed by atoms with Gasteiger partial charge in [-0.05, 0) is 33.1 Å². The molecule has 94 valence electrons. The third-order valence-electron chi connectivity index (χ3n) is 3.07. The highest BCUT2D eigenvalue weighted by atomic mass is 16.3. The summed E-state index contributed by atoms with van der Waals surface area (Å²) in [5.41, 5.74) is 5.51. The van der Waals surface area contributed by atoms with Gasteiger partial charge in [0.15, 0.2) is 0 Å². The maximum Gasteiger partial charge on any atom is 0.220 e. The first-order chi connectivity index (χ1) is 7.38. The number of nitrogens with two attached hydrogens (primary N) is 1. The Morgan fingerprint density at radius 1 is 1.44 bits per heavy atom. The van der Waals surface area contributed by atoms with Gasteiger partial charge in [-0.2, -0.15) is 0 Å². The molecule has 1 aliphatic carbocycles. The van der Waals surface area contributed by atoms with Crippen molar-refractivity contribution >= 4 is 5.91 Å². The lowest BCUT2D eigenvalue weighted by molar-refractivity contribution is -0.123. The van der Waals surface area contributed by atoms with Gasteiger partial charge in [-0.3, -0.25) is 4.79 Å². The van der Waals surface area contributed by atoms with E-state index in [0.29, 0.717) is 12.8 Å². The molecule has 0 bridgehead atoms. The largest absolute Gasteiger partial charge is 0.391 e. The van der Waals surface area contributed by atoms with Crippen LogP contribution >= 0.6 is 0 Å². The Morgan fingerprint density at radius 3 is 2.62 bits per heavy atom. The summed E-state index contributed by atoms with van der Waals surface area (Å²) in [6, 6.07) is -0.0536. The maximum atomic E-state index is 11.6. The molecule has 1 fully saturated rings. The second kappa shape index (κ2) is 5.64. The van der Waals surface area contributed by atoms with Crippen LogP contribution in [0.4, 0.5) is 0 Å². The molecule has 1 saturated carbocycles. The Kier molecular flexibility index (Phi) is 4.74. The van der Waals surface area contributed by atoms with Gasteiger partial charge in [0.1, 0.15) is 0 Å². The zero-order valence-electron chi connectivity index (χ0n) is 10.3. The molecule has 1 rings (SSSR count). The Hall–Kier alpha value is -0.610. The molecule has 0 saturated heterocycles. The first-order valence-corrected chi connectivity index (χ1v) is 6.15. The third kappa shape index (κ3) is 4.94. The fourth-order valence-corrected chi connectivity index (χ4v) is 1.99. The minimum absolute atomic E-state index is 0.00414. The van der Waals surface area contributed by atoms with Gasteiger partial charge in [0.2, 0.25) is 5.91 Å². The summed E-state index contributed by atoms with van der Waals surface area (Å²) in [5.74, 6) is 0.00414. The Bertz CT molecular complexity index is 236. The lowest BCUT2D eigenvalue weighted by atomic mass is 9.92. The molecule has 0 aliphatic heterocycles. The van der Waals surface area contributed by atoms with E-state index in [2.05, 4.69) is 5.32 Å². The van der Waals surface area contributed by atoms with Crippen LogP contribution < -0.4 is 11.1 Å². The minimum Gasteiger partial charge on any atom is -0.391 e. The fourth-order valence-electron chi connectivity index (χ4n) is 1.99. The molecule has 0 radical (unpaired) electrons. The van der Waals surface area contributed by atoms with E-state index in [1.165, 1.54) is 0 Å². The summed E-state index contributed by atoms with van der Waals surface area (Å²) in [6.07, 6.45) is 4.57. The number of hydrogen-bond acceptors (Lipinski definition) is 3. The Labute approximate surface area is 97.6 Å². The van der Waals surface area contributed by atoms with Crippen molar-refractivity contribution in [2.24, 2.45) is 5.73 Å². The molecular formula is C12H24N2O2. The molecule has 0 aromatic rings. The topological polar surface area (TPSA) is 75.4 Å². The molecule has 0 unspecified atom stereocenters. The van der Waals surface area contributed by atoms with Crippen molar-refractivity contribution < 1.29 is 9.90 Å². The predicted octanol–water partition coefficient (Wildman–Crippen LogP) is 0.924. The number of carbonyl (C=O) groups is 1. The van der Waals surface area contributed by atoms with Crippen LogP contribution in [0, 0.1) is 0 Å². The molecule has 4 nitrogen and oxygen atoms in total. The van der Waals surface area contributed by atoms with Crippen molar-refractivity contribution in [3.05, 3.63) is 0 Å². The zero-order valence-corrected chi connectivity index (χ0v) is 10.3. The predicted molar refractivity (Wildman–Crippen MR) is 63.9 cm³/mol. The van der Waals surface area contributed by atoms with E-state index in [4.69, 9.17) is 5.73 Å². The van der Waals surface area contributed by atoms with Crippen molar-refractivity contribution in [2.45, 2.75) is 70.1 Å². The van der Waals surface area contributed by atoms with Gasteiger partial charge < -0.3 is 16.2 Å². The normalized spacial score (nSPS) is 26.5. The second-order valence-electron chi connectivity index (χ2n) is 5.51. The van der Waals surface area contributed by atoms with Crippen LogP contribution in [-0.2, 0) is 4.79 Å². The smallest absolute Gasteiger partial charge is 0.220 e. The molecule has 0 aromatic carbocycles. The van der Waals surface area contributed by atoms with E-state index in [1.807, 2.05) is 13.8 Å². The van der Waals surface area contributed by atoms with Gasteiger partial charge in [0, 0.05) is 12.0 Å². The first-order valence-electron chi connectivity index (χ1n) is 6.15. The van der Waals surface area contributed by atoms with Crippen molar-refractivity contribution in [1.29, 1.82) is 0 Å². The zero-order chi connectivity index (χ0) is 12.2. The van der Waals surface area contributed by atoms with Crippen LogP contribution in [0.5, 0.6) is 0 Å². The highest BCUT2D eigenvalue weighted by Crippen LogP contribution is 2.18. The molecule has 0 heterocycles. The van der Waals surface area contributed by atoms with Crippen LogP contribution in [0.1, 0.15) is 52.4 Å². The van der Waals surface area contributed by atoms with Crippen LogP contribution in [0.2, 0.25) is 0 Å². The standard InChI is InChI=1S/C12H24N2O2/c1-12(2,13)8-7-11(16)14-9-5-3-4-6-10(9)15/h9-10,15H,3-8,13H2,1-2H3,(H,14,16)/t9-,10-/m1/s1. The number of hydrogen-bond donors (Lipinski definition) is 3. The van der Waals surface area contributed by atoms with E-state index in [0.717, 1.165) is 25.7 Å². The van der Waals surface area contributed by atoms with Gasteiger partial charge in [0.25, 0.3) is 0 Å². The number of rotatable bonds is 4. The van der Waals surface area contributed by atoms with Crippen molar-refractivity contribution in [1.82, 2.24) is 5.32 Å². The number of carbonyl (C=O) groups excluding carboxylic acids is 1. The molecule has 2 atom stereocenters. The lowest BCUT2D eigenvalue weighted by Gasteiger charge is -2.28. The highest BCUT2D eigenvalue weighted by molar-refractivity contribution is 5.76. The molecule has 4 heteroatoms. The van der Waals surface area contributed by atoms with Gasteiger partial charge in [-0.1, -0.05) is 12.8 Å². The fraction of sp³-hybridized carbons (Fsp3) is 0.917. The van der Waals surface area contributed by atoms with E-state index >= 15 is 0 Å². The van der Waals surface area contributed by atoms with E-state index in [-0.39, 0.29) is 23.6 Å². The summed E-state index contributed by atoms with van der Waals surface area (Å²) in [6.45, 7) is 3.82. The number of aliphatic hydroxyl groups excluding tert-OH is 1. The van der Waals surface area contributed by atoms with E-state index < -0.39 is 0 Å². The third-order valence-corrected chi connectivity index (χ3v) is 3.07. The Morgan fingerprint density at radius 2 is 2.06 bits per heavy atom. The molecule has 1 amide bonds. The van der Waals surface area contributed by atoms with Crippen LogP contribution in [0.15, 0.2) is 0 Å². The van der Waals surface area contributed by atoms with Gasteiger partial charge in [-0.25, -0.2) is 0 Å². The summed E-state index contributed by atoms with van der Waals surface area (Å²) in [7, 11) is 0. The summed E-state index contributed by atoms with van der Waals surface area (Å²) in [5, 5.41) is 12.6. The van der Waals surface area contributed by atoms with Crippen LogP contribution in [0.3, 0.4) is 0 Å². The molecule has 0 spiro atoms. The number of aliphatic hydroxyl groups is 1. The van der Waals surface area contributed by atoms with Crippen LogP contribution in [-0.4, -0.2) is 28.7 Å². The lowest BCUT2D eigenvalue weighted by Crippen LogP contribution is -2.45. The summed E-state index contributed by atoms with van der Waals surface area (Å²) >= 11 is 0. The summed E-state index contributed by atoms with van der Waals surface area (Å²) < 4.78 is 0. The number of amides is 1. The molecular weight excluding hydrogens is 204 g/mol. The minimum atomic E-state index is -0.372. The highest BCUT2D eigenvalue weighted by Gasteiger charge is 2.24. The number of nitrogens with one attached hydrogen (secondary N) is 1. The average Bonchev–Trinajstić information content (AvgIpc) is 2.18. The van der Waals surface area contributed by atoms with Crippen molar-refractivity contribution in [3.63, 3.8) is 0 Å². The Balaban J connectivity index is 2.28. The first kappa shape index (κ1) is 13.5. The maximum absolute atomic E-state index is 11.6. The molecule has 4 N–H and O–H groups in total. The van der Waals surface area contributed by atoms with Crippen LogP contribution in [0.25, 0.3) is 0 Å². The molecule has 1 aliphatic rings. The van der Waals surface area contributed by atoms with Crippen molar-refractivity contribution in [3.8, 4) is 0 Å².